The summed E-state index contributed by atoms with van der Waals surface area (Å²) in [7, 11) is -5.49. The lowest BCUT2D eigenvalue weighted by atomic mass is 10.0. The van der Waals surface area contributed by atoms with E-state index in [1.54, 1.807) is 0 Å². The number of hydrogen-bond acceptors (Lipinski definition) is 4. The van der Waals surface area contributed by atoms with Gasteiger partial charge < -0.3 is 10.2 Å². The average Bonchev–Trinajstić information content (AvgIpc) is 2.71. The van der Waals surface area contributed by atoms with Crippen molar-refractivity contribution in [3.8, 4) is 0 Å². The molecule has 1 aromatic rings. The van der Waals surface area contributed by atoms with Crippen LogP contribution in [0.2, 0.25) is 0 Å². The summed E-state index contributed by atoms with van der Waals surface area (Å²) in [5.41, 5.74) is -4.60. The zero-order valence-electron chi connectivity index (χ0n) is 10.3. The third-order valence-corrected chi connectivity index (χ3v) is 4.93. The van der Waals surface area contributed by atoms with Gasteiger partial charge in [0.05, 0.1) is 11.0 Å². The predicted octanol–water partition coefficient (Wildman–Crippen LogP) is 1.49. The molecular formula is C12H13F3O4S. The summed E-state index contributed by atoms with van der Waals surface area (Å²) in [6, 6.07) is 2.13. The molecule has 112 valence electrons. The van der Waals surface area contributed by atoms with Gasteiger partial charge in [0.25, 0.3) is 9.84 Å². The quantitative estimate of drug-likeness (QED) is 0.887. The second-order valence-electron chi connectivity index (χ2n) is 4.59. The van der Waals surface area contributed by atoms with E-state index in [1.807, 2.05) is 0 Å². The van der Waals surface area contributed by atoms with E-state index >= 15 is 0 Å². The Balaban J connectivity index is 2.67. The van der Waals surface area contributed by atoms with Crippen LogP contribution < -0.4 is 0 Å². The van der Waals surface area contributed by atoms with Gasteiger partial charge >= 0.3 is 5.51 Å². The van der Waals surface area contributed by atoms with Crippen LogP contribution in [0.1, 0.15) is 29.2 Å². The van der Waals surface area contributed by atoms with Crippen LogP contribution in [0.25, 0.3) is 0 Å². The van der Waals surface area contributed by atoms with Crippen LogP contribution in [0.5, 0.6) is 0 Å². The molecule has 1 aromatic carbocycles. The van der Waals surface area contributed by atoms with E-state index in [2.05, 4.69) is 0 Å². The van der Waals surface area contributed by atoms with Crippen molar-refractivity contribution in [2.24, 2.45) is 0 Å². The molecule has 1 unspecified atom stereocenters. The van der Waals surface area contributed by atoms with Crippen molar-refractivity contribution in [1.29, 1.82) is 0 Å². The van der Waals surface area contributed by atoms with Gasteiger partial charge in [-0.3, -0.25) is 0 Å². The number of fused-ring (bicyclic) bond motifs is 1. The highest BCUT2D eigenvalue weighted by Gasteiger charge is 2.49. The molecule has 2 N–H and O–H groups in total. The van der Waals surface area contributed by atoms with Gasteiger partial charge in [0.2, 0.25) is 0 Å². The summed E-state index contributed by atoms with van der Waals surface area (Å²) in [6.45, 7) is -0.200. The van der Waals surface area contributed by atoms with E-state index < -0.39 is 26.3 Å². The summed E-state index contributed by atoms with van der Waals surface area (Å²) in [4.78, 5) is -0.883. The Labute approximate surface area is 113 Å². The number of alkyl halides is 3. The summed E-state index contributed by atoms with van der Waals surface area (Å²) in [5, 5.41) is 18.7. The van der Waals surface area contributed by atoms with Crippen molar-refractivity contribution < 1.29 is 31.8 Å². The highest BCUT2D eigenvalue weighted by molar-refractivity contribution is 7.92. The predicted molar refractivity (Wildman–Crippen MR) is 63.8 cm³/mol. The largest absolute Gasteiger partial charge is 0.501 e. The van der Waals surface area contributed by atoms with Crippen molar-refractivity contribution in [2.75, 3.05) is 6.61 Å². The SMILES string of the molecule is O=S(=O)(c1ccc(CCO)c2c1C(O)CC2)C(F)(F)F. The van der Waals surface area contributed by atoms with Gasteiger partial charge in [0.15, 0.2) is 0 Å². The molecule has 0 radical (unpaired) electrons. The van der Waals surface area contributed by atoms with E-state index in [-0.39, 0.29) is 25.0 Å². The lowest BCUT2D eigenvalue weighted by Gasteiger charge is -2.16. The Morgan fingerprint density at radius 3 is 2.50 bits per heavy atom. The van der Waals surface area contributed by atoms with Gasteiger partial charge in [-0.2, -0.15) is 13.2 Å². The van der Waals surface area contributed by atoms with E-state index in [4.69, 9.17) is 5.11 Å². The molecule has 0 amide bonds. The Morgan fingerprint density at radius 2 is 1.95 bits per heavy atom. The first-order chi connectivity index (χ1) is 9.20. The Hall–Kier alpha value is -1.12. The third-order valence-electron chi connectivity index (χ3n) is 3.39. The molecular weight excluding hydrogens is 297 g/mol. The van der Waals surface area contributed by atoms with E-state index in [0.717, 1.165) is 6.07 Å². The first-order valence-electron chi connectivity index (χ1n) is 5.95. The fourth-order valence-corrected chi connectivity index (χ4v) is 3.53. The molecule has 0 saturated carbocycles. The third kappa shape index (κ3) is 2.32. The van der Waals surface area contributed by atoms with Gasteiger partial charge in [0.1, 0.15) is 0 Å². The summed E-state index contributed by atoms with van der Waals surface area (Å²) < 4.78 is 61.0. The molecule has 20 heavy (non-hydrogen) atoms. The number of halogens is 3. The second kappa shape index (κ2) is 5.01. The molecule has 0 spiro atoms. The van der Waals surface area contributed by atoms with Crippen molar-refractivity contribution >= 4 is 9.84 Å². The average molecular weight is 310 g/mol. The topological polar surface area (TPSA) is 74.6 Å². The summed E-state index contributed by atoms with van der Waals surface area (Å²) in [6.07, 6.45) is -0.539. The molecule has 0 bridgehead atoms. The minimum Gasteiger partial charge on any atom is -0.396 e. The number of aliphatic hydroxyl groups is 2. The van der Waals surface area contributed by atoms with Crippen molar-refractivity contribution in [3.05, 3.63) is 28.8 Å². The van der Waals surface area contributed by atoms with Crippen LogP contribution in [0.15, 0.2) is 17.0 Å². The van der Waals surface area contributed by atoms with E-state index in [9.17, 15) is 26.7 Å². The maximum absolute atomic E-state index is 12.7. The van der Waals surface area contributed by atoms with Crippen molar-refractivity contribution in [2.45, 2.75) is 35.8 Å². The molecule has 8 heteroatoms. The fourth-order valence-electron chi connectivity index (χ4n) is 2.49. The summed E-state index contributed by atoms with van der Waals surface area (Å²) in [5.74, 6) is 0. The number of benzene rings is 1. The van der Waals surface area contributed by atoms with Crippen molar-refractivity contribution in [1.82, 2.24) is 0 Å². The Kier molecular flexibility index (Phi) is 3.83. The molecule has 0 heterocycles. The molecule has 1 atom stereocenters. The minimum absolute atomic E-state index is 0.173. The zero-order chi connectivity index (χ0) is 15.1. The lowest BCUT2D eigenvalue weighted by Crippen LogP contribution is -2.25. The molecule has 0 fully saturated rings. The first kappa shape index (κ1) is 15.3. The number of hydrogen-bond donors (Lipinski definition) is 2. The molecule has 2 rings (SSSR count). The monoisotopic (exact) mass is 310 g/mol. The molecule has 1 aliphatic carbocycles. The molecule has 1 aliphatic rings. The van der Waals surface area contributed by atoms with Gasteiger partial charge in [-0.15, -0.1) is 0 Å². The molecule has 0 aliphatic heterocycles. The van der Waals surface area contributed by atoms with Crippen LogP contribution in [0, 0.1) is 0 Å². The van der Waals surface area contributed by atoms with Gasteiger partial charge in [0, 0.05) is 12.2 Å². The van der Waals surface area contributed by atoms with Gasteiger partial charge in [-0.1, -0.05) is 6.07 Å². The first-order valence-corrected chi connectivity index (χ1v) is 7.43. The van der Waals surface area contributed by atoms with Gasteiger partial charge in [-0.05, 0) is 36.5 Å². The highest BCUT2D eigenvalue weighted by atomic mass is 32.2. The maximum Gasteiger partial charge on any atom is 0.501 e. The maximum atomic E-state index is 12.7. The van der Waals surface area contributed by atoms with Crippen LogP contribution in [-0.4, -0.2) is 30.7 Å². The standard InChI is InChI=1S/C12H13F3O4S/c13-12(14,15)20(18,19)10-4-1-7(5-6-16)8-2-3-9(17)11(8)10/h1,4,9,16-17H,2-3,5-6H2. The molecule has 0 saturated heterocycles. The fraction of sp³-hybridized carbons (Fsp3) is 0.500. The molecule has 4 nitrogen and oxygen atoms in total. The lowest BCUT2D eigenvalue weighted by molar-refractivity contribution is -0.0437. The Morgan fingerprint density at radius 1 is 1.30 bits per heavy atom. The number of aliphatic hydroxyl groups excluding tert-OH is 2. The zero-order valence-corrected chi connectivity index (χ0v) is 11.1. The van der Waals surface area contributed by atoms with Crippen molar-refractivity contribution in [3.63, 3.8) is 0 Å². The van der Waals surface area contributed by atoms with Crippen LogP contribution >= 0.6 is 0 Å². The van der Waals surface area contributed by atoms with Gasteiger partial charge in [-0.25, -0.2) is 8.42 Å². The number of rotatable bonds is 3. The smallest absolute Gasteiger partial charge is 0.396 e. The normalized spacial score (nSPS) is 19.1. The minimum atomic E-state index is -5.49. The van der Waals surface area contributed by atoms with E-state index in [1.165, 1.54) is 6.07 Å². The Bertz CT molecular complexity index is 622. The van der Waals surface area contributed by atoms with E-state index in [0.29, 0.717) is 17.5 Å². The second-order valence-corrected chi connectivity index (χ2v) is 6.50. The highest BCUT2D eigenvalue weighted by Crippen LogP contribution is 2.41. The number of sulfone groups is 1. The molecule has 0 aromatic heterocycles. The van der Waals surface area contributed by atoms with Crippen LogP contribution in [-0.2, 0) is 22.7 Å². The van der Waals surface area contributed by atoms with Crippen LogP contribution in [0.4, 0.5) is 13.2 Å². The van der Waals surface area contributed by atoms with Crippen LogP contribution in [0.3, 0.4) is 0 Å². The summed E-state index contributed by atoms with van der Waals surface area (Å²) >= 11 is 0.